The first-order chi connectivity index (χ1) is 14.2. The summed E-state index contributed by atoms with van der Waals surface area (Å²) in [6.07, 6.45) is 3.15. The Kier molecular flexibility index (Phi) is 8.27. The van der Waals surface area contributed by atoms with E-state index in [4.69, 9.17) is 4.98 Å². The van der Waals surface area contributed by atoms with Crippen LogP contribution in [0.4, 0.5) is 10.8 Å². The molecule has 0 spiro atoms. The number of likely N-dealkylation sites (N-methyl/N-ethyl adjacent to an activating group) is 1. The number of nitrogens with zero attached hydrogens (tertiary/aromatic N) is 4. The van der Waals surface area contributed by atoms with Crippen molar-refractivity contribution in [2.45, 2.75) is 13.8 Å². The molecule has 2 aromatic carbocycles. The van der Waals surface area contributed by atoms with E-state index in [9.17, 15) is 14.9 Å². The molecule has 0 saturated carbocycles. The number of benzene rings is 2. The Balaban J connectivity index is 0.00000341. The predicted molar refractivity (Wildman–Crippen MR) is 129 cm³/mol. The van der Waals surface area contributed by atoms with Gasteiger partial charge in [-0.2, -0.15) is 0 Å². The van der Waals surface area contributed by atoms with Gasteiger partial charge < -0.3 is 4.90 Å². The molecule has 1 aromatic heterocycles. The van der Waals surface area contributed by atoms with Crippen molar-refractivity contribution in [1.29, 1.82) is 0 Å². The Hall–Kier alpha value is -2.81. The van der Waals surface area contributed by atoms with Gasteiger partial charge in [-0.1, -0.05) is 17.4 Å². The van der Waals surface area contributed by atoms with E-state index in [-0.39, 0.29) is 24.0 Å². The van der Waals surface area contributed by atoms with Gasteiger partial charge in [-0.25, -0.2) is 4.98 Å². The molecular weight excluding hydrogens is 436 g/mol. The zero-order valence-corrected chi connectivity index (χ0v) is 19.5. The van der Waals surface area contributed by atoms with Crippen molar-refractivity contribution in [3.63, 3.8) is 0 Å². The van der Waals surface area contributed by atoms with Crippen molar-refractivity contribution >= 4 is 56.8 Å². The Morgan fingerprint density at radius 1 is 1.16 bits per heavy atom. The molecule has 0 saturated heterocycles. The molecule has 0 atom stereocenters. The van der Waals surface area contributed by atoms with E-state index in [2.05, 4.69) is 13.0 Å². The van der Waals surface area contributed by atoms with Crippen LogP contribution in [-0.2, 0) is 4.79 Å². The third-order valence-electron chi connectivity index (χ3n) is 4.60. The number of nitro benzene ring substituents is 1. The first kappa shape index (κ1) is 24.5. The number of rotatable bonds is 7. The molecule has 164 valence electrons. The van der Waals surface area contributed by atoms with Crippen LogP contribution in [0.25, 0.3) is 16.3 Å². The van der Waals surface area contributed by atoms with Crippen LogP contribution >= 0.6 is 23.7 Å². The number of hydrogen-bond donors (Lipinski definition) is 0. The second-order valence-electron chi connectivity index (χ2n) is 7.40. The van der Waals surface area contributed by atoms with Gasteiger partial charge in [0.25, 0.3) is 11.6 Å². The number of fused-ring (bicyclic) bond motifs is 1. The number of thiazole rings is 1. The highest BCUT2D eigenvalue weighted by Gasteiger charge is 2.19. The number of aryl methyl sites for hydroxylation is 2. The van der Waals surface area contributed by atoms with Gasteiger partial charge in [-0.15, -0.1) is 12.4 Å². The lowest BCUT2D eigenvalue weighted by Gasteiger charge is -2.20. The van der Waals surface area contributed by atoms with Crippen molar-refractivity contribution in [3.05, 3.63) is 69.3 Å². The average molecular weight is 461 g/mol. The van der Waals surface area contributed by atoms with E-state index in [1.165, 1.54) is 29.5 Å². The topological polar surface area (TPSA) is 79.6 Å². The summed E-state index contributed by atoms with van der Waals surface area (Å²) in [5, 5.41) is 11.5. The molecule has 3 rings (SSSR count). The smallest absolute Gasteiger partial charge is 0.269 e. The van der Waals surface area contributed by atoms with Crippen LogP contribution in [0.2, 0.25) is 0 Å². The second-order valence-corrected chi connectivity index (χ2v) is 8.38. The van der Waals surface area contributed by atoms with Crippen molar-refractivity contribution in [1.82, 2.24) is 9.88 Å². The summed E-state index contributed by atoms with van der Waals surface area (Å²) >= 11 is 1.51. The summed E-state index contributed by atoms with van der Waals surface area (Å²) < 4.78 is 1.08. The van der Waals surface area contributed by atoms with Gasteiger partial charge in [0.1, 0.15) is 0 Å². The lowest BCUT2D eigenvalue weighted by atomic mass is 10.1. The van der Waals surface area contributed by atoms with Crippen LogP contribution in [-0.4, -0.2) is 47.9 Å². The molecule has 0 unspecified atom stereocenters. The molecular formula is C22H25ClN4O3S. The molecule has 1 heterocycles. The maximum Gasteiger partial charge on any atom is 0.269 e. The van der Waals surface area contributed by atoms with E-state index in [0.717, 1.165) is 26.9 Å². The highest BCUT2D eigenvalue weighted by Crippen LogP contribution is 2.32. The summed E-state index contributed by atoms with van der Waals surface area (Å²) in [6.45, 7) is 5.30. The third-order valence-corrected chi connectivity index (χ3v) is 5.83. The molecule has 7 nitrogen and oxygen atoms in total. The molecule has 9 heteroatoms. The summed E-state index contributed by atoms with van der Waals surface area (Å²) in [5.74, 6) is -0.177. The molecule has 0 N–H and O–H groups in total. The molecule has 0 bridgehead atoms. The Morgan fingerprint density at radius 3 is 2.45 bits per heavy atom. The van der Waals surface area contributed by atoms with Gasteiger partial charge in [0.05, 0.1) is 15.1 Å². The highest BCUT2D eigenvalue weighted by molar-refractivity contribution is 7.22. The fourth-order valence-corrected chi connectivity index (χ4v) is 4.09. The number of amides is 1. The fraction of sp³-hybridized carbons (Fsp3) is 0.273. The van der Waals surface area contributed by atoms with Gasteiger partial charge in [-0.05, 0) is 68.9 Å². The minimum absolute atomic E-state index is 0. The van der Waals surface area contributed by atoms with Gasteiger partial charge in [0.15, 0.2) is 5.13 Å². The maximum absolute atomic E-state index is 13.0. The van der Waals surface area contributed by atoms with Crippen LogP contribution < -0.4 is 4.90 Å². The SMILES string of the molecule is Cc1cc(C)c2sc(N(CCN(C)C)C(=O)C=Cc3ccc([N+](=O)[O-])cc3)nc2c1.Cl. The van der Waals surface area contributed by atoms with Crippen LogP contribution in [0.5, 0.6) is 0 Å². The molecule has 0 radical (unpaired) electrons. The van der Waals surface area contributed by atoms with Gasteiger partial charge in [-0.3, -0.25) is 19.8 Å². The molecule has 0 aliphatic rings. The van der Waals surface area contributed by atoms with Crippen LogP contribution in [0.3, 0.4) is 0 Å². The molecule has 1 amide bonds. The zero-order chi connectivity index (χ0) is 21.8. The number of nitro groups is 1. The molecule has 31 heavy (non-hydrogen) atoms. The summed E-state index contributed by atoms with van der Waals surface area (Å²) in [5.41, 5.74) is 3.93. The monoisotopic (exact) mass is 460 g/mol. The largest absolute Gasteiger partial charge is 0.308 e. The van der Waals surface area contributed by atoms with E-state index >= 15 is 0 Å². The van der Waals surface area contributed by atoms with E-state index < -0.39 is 4.92 Å². The number of carbonyl (C=O) groups excluding carboxylic acids is 1. The standard InChI is InChI=1S/C22H24N4O3S.ClH/c1-15-13-16(2)21-19(14-15)23-22(30-21)25(12-11-24(3)4)20(27)10-7-17-5-8-18(9-6-17)26(28)29;/h5-10,13-14H,11-12H2,1-4H3;1H. The van der Waals surface area contributed by atoms with Crippen LogP contribution in [0.1, 0.15) is 16.7 Å². The molecule has 0 aliphatic carbocycles. The van der Waals surface area contributed by atoms with E-state index in [1.54, 1.807) is 23.1 Å². The first-order valence-electron chi connectivity index (χ1n) is 9.51. The van der Waals surface area contributed by atoms with E-state index in [1.807, 2.05) is 32.0 Å². The van der Waals surface area contributed by atoms with Crippen molar-refractivity contribution in [2.24, 2.45) is 0 Å². The lowest BCUT2D eigenvalue weighted by Crippen LogP contribution is -2.35. The van der Waals surface area contributed by atoms with Crippen molar-refractivity contribution in [2.75, 3.05) is 32.1 Å². The first-order valence-corrected chi connectivity index (χ1v) is 10.3. The van der Waals surface area contributed by atoms with Crippen molar-refractivity contribution < 1.29 is 9.72 Å². The van der Waals surface area contributed by atoms with Crippen molar-refractivity contribution in [3.8, 4) is 0 Å². The number of hydrogen-bond acceptors (Lipinski definition) is 6. The number of carbonyl (C=O) groups is 1. The summed E-state index contributed by atoms with van der Waals surface area (Å²) in [4.78, 5) is 31.8. The number of aromatic nitrogens is 1. The van der Waals surface area contributed by atoms with E-state index in [0.29, 0.717) is 18.2 Å². The van der Waals surface area contributed by atoms with Gasteiger partial charge in [0.2, 0.25) is 0 Å². The maximum atomic E-state index is 13.0. The number of halogens is 1. The molecule has 0 fully saturated rings. The lowest BCUT2D eigenvalue weighted by molar-refractivity contribution is -0.384. The van der Waals surface area contributed by atoms with Gasteiger partial charge in [0, 0.05) is 31.3 Å². The summed E-state index contributed by atoms with van der Waals surface area (Å²) in [7, 11) is 3.92. The zero-order valence-electron chi connectivity index (χ0n) is 17.9. The minimum Gasteiger partial charge on any atom is -0.308 e. The number of anilines is 1. The van der Waals surface area contributed by atoms with Crippen LogP contribution in [0, 0.1) is 24.0 Å². The Morgan fingerprint density at radius 2 is 1.84 bits per heavy atom. The highest BCUT2D eigenvalue weighted by atomic mass is 35.5. The van der Waals surface area contributed by atoms with Gasteiger partial charge >= 0.3 is 0 Å². The minimum atomic E-state index is -0.446. The Labute approximate surface area is 191 Å². The molecule has 0 aliphatic heterocycles. The number of non-ortho nitro benzene ring substituents is 1. The summed E-state index contributed by atoms with van der Waals surface area (Å²) in [6, 6.07) is 10.2. The Bertz CT molecular complexity index is 1110. The second kappa shape index (κ2) is 10.5. The normalized spacial score (nSPS) is 11.1. The third kappa shape index (κ3) is 6.10. The fourth-order valence-electron chi connectivity index (χ4n) is 3.05. The van der Waals surface area contributed by atoms with Crippen LogP contribution in [0.15, 0.2) is 42.5 Å². The quantitative estimate of drug-likeness (QED) is 0.286. The predicted octanol–water partition coefficient (Wildman–Crippen LogP) is 4.85. The average Bonchev–Trinajstić information content (AvgIpc) is 3.10. The molecule has 3 aromatic rings.